The number of Topliss-reactive ketones (excluding diaryl/α,β-unsaturated/α-hetero) is 2. The van der Waals surface area contributed by atoms with Gasteiger partial charge in [0, 0.05) is 5.92 Å². The first-order valence-electron chi connectivity index (χ1n) is 17.9. The van der Waals surface area contributed by atoms with Crippen molar-refractivity contribution < 1.29 is 43.5 Å². The lowest BCUT2D eigenvalue weighted by atomic mass is 9.46. The van der Waals surface area contributed by atoms with Crippen molar-refractivity contribution in [3.05, 3.63) is 88.9 Å². The molecule has 7 rings (SSSR count). The molecular weight excluding hydrogens is 670 g/mol. The van der Waals surface area contributed by atoms with Crippen LogP contribution in [0, 0.1) is 22.2 Å². The van der Waals surface area contributed by atoms with Crippen LogP contribution in [0.3, 0.4) is 0 Å². The second kappa shape index (κ2) is 11.9. The van der Waals surface area contributed by atoms with Crippen LogP contribution in [-0.4, -0.2) is 92.9 Å². The summed E-state index contributed by atoms with van der Waals surface area (Å²) in [6, 6.07) is 8.25. The standard InChI is InChI=1S/C39H47N3O10/c1-6-7-8-9-10-11-15-18-33-21-49-39-24(5)29(50-30(46)25-16-13-12-14-17-25)36(52-33,22(2)3)32(51-33)37(39,41)26-28(45)34(26,20-43)31(47)38(42-48)27(44)23(4)19-35(38,39)40/h10-19,24,26,29,31-32,43,47H,2,6-9,20-21,40-41H2,1,3-5H3/b11-10+,18-15+/t24-,26-,29?,31?,32+,33?,34-,35+,36+,37?,38?,39+/m1/s1. The van der Waals surface area contributed by atoms with Crippen molar-refractivity contribution in [1.29, 1.82) is 0 Å². The van der Waals surface area contributed by atoms with E-state index in [0.29, 0.717) is 5.57 Å². The van der Waals surface area contributed by atoms with E-state index in [1.165, 1.54) is 13.0 Å². The third-order valence-electron chi connectivity index (χ3n) is 12.9. The summed E-state index contributed by atoms with van der Waals surface area (Å²) in [4.78, 5) is 55.9. The van der Waals surface area contributed by atoms with Crippen molar-refractivity contribution in [3.63, 3.8) is 0 Å². The first-order valence-corrected chi connectivity index (χ1v) is 17.9. The molecule has 3 bridgehead atoms. The van der Waals surface area contributed by atoms with E-state index in [1.807, 2.05) is 12.2 Å². The maximum atomic E-state index is 14.3. The zero-order chi connectivity index (χ0) is 37.7. The van der Waals surface area contributed by atoms with Crippen molar-refractivity contribution in [2.45, 2.75) is 105 Å². The fourth-order valence-electron chi connectivity index (χ4n) is 10.6. The molecule has 13 heteroatoms. The summed E-state index contributed by atoms with van der Waals surface area (Å²) < 4.78 is 27.2. The van der Waals surface area contributed by atoms with E-state index in [2.05, 4.69) is 18.7 Å². The predicted octanol–water partition coefficient (Wildman–Crippen LogP) is 2.73. The van der Waals surface area contributed by atoms with Gasteiger partial charge in [-0.05, 0) is 61.2 Å². The number of rotatable bonds is 11. The summed E-state index contributed by atoms with van der Waals surface area (Å²) in [6.45, 7) is 9.70. The van der Waals surface area contributed by atoms with Gasteiger partial charge in [-0.1, -0.05) is 75.8 Å². The van der Waals surface area contributed by atoms with Crippen LogP contribution in [-0.2, 0) is 28.5 Å². The highest BCUT2D eigenvalue weighted by Gasteiger charge is 2.97. The molecular formula is C39H47N3O10. The fourth-order valence-corrected chi connectivity index (χ4v) is 10.6. The van der Waals surface area contributed by atoms with E-state index in [1.54, 1.807) is 56.3 Å². The highest BCUT2D eigenvalue weighted by Crippen LogP contribution is 2.75. The number of nitrogens with two attached hydrogens (primary N) is 2. The number of nitroso groups, excluding NO2 is 1. The van der Waals surface area contributed by atoms with Crippen molar-refractivity contribution in [3.8, 4) is 0 Å². The number of nitrogens with zero attached hydrogens (tertiary/aromatic N) is 1. The second-order valence-corrected chi connectivity index (χ2v) is 15.5. The Labute approximate surface area is 302 Å². The molecule has 4 aliphatic carbocycles. The molecule has 12 atom stereocenters. The molecule has 2 saturated heterocycles. The zero-order valence-electron chi connectivity index (χ0n) is 29.9. The third-order valence-corrected chi connectivity index (χ3v) is 12.9. The fraction of sp³-hybridized carbons (Fsp3) is 0.564. The molecule has 0 spiro atoms. The van der Waals surface area contributed by atoms with Crippen LogP contribution >= 0.6 is 0 Å². The summed E-state index contributed by atoms with van der Waals surface area (Å²) >= 11 is 0. The van der Waals surface area contributed by atoms with Gasteiger partial charge in [-0.2, -0.15) is 0 Å². The summed E-state index contributed by atoms with van der Waals surface area (Å²) in [6.07, 6.45) is 7.49. The first-order chi connectivity index (χ1) is 24.6. The van der Waals surface area contributed by atoms with Gasteiger partial charge in [0.25, 0.3) is 0 Å². The quantitative estimate of drug-likeness (QED) is 0.0856. The van der Waals surface area contributed by atoms with Crippen molar-refractivity contribution in [1.82, 2.24) is 0 Å². The molecule has 2 aliphatic heterocycles. The van der Waals surface area contributed by atoms with Crippen LogP contribution in [0.15, 0.2) is 83.6 Å². The molecule has 5 unspecified atom stereocenters. The number of hydrogen-bond acceptors (Lipinski definition) is 13. The minimum Gasteiger partial charge on any atom is -0.455 e. The molecule has 0 radical (unpaired) electrons. The minimum atomic E-state index is -2.79. The highest BCUT2D eigenvalue weighted by molar-refractivity contribution is 6.13. The topological polar surface area (TPSA) is 210 Å². The van der Waals surface area contributed by atoms with Gasteiger partial charge in [0.15, 0.2) is 17.2 Å². The van der Waals surface area contributed by atoms with Gasteiger partial charge in [0.05, 0.1) is 29.0 Å². The van der Waals surface area contributed by atoms with Crippen LogP contribution in [0.4, 0.5) is 0 Å². The molecule has 0 aromatic heterocycles. The van der Waals surface area contributed by atoms with Crippen molar-refractivity contribution in [2.24, 2.45) is 33.9 Å². The number of carbonyl (C=O) groups is 3. The number of carbonyl (C=O) groups excluding carboxylic acids is 3. The number of benzene rings is 1. The summed E-state index contributed by atoms with van der Waals surface area (Å²) in [5.74, 6) is -6.84. The number of hydrogen-bond donors (Lipinski definition) is 4. The largest absolute Gasteiger partial charge is 0.455 e. The molecule has 2 heterocycles. The minimum absolute atomic E-state index is 0.0303. The first kappa shape index (κ1) is 36.7. The van der Waals surface area contributed by atoms with Gasteiger partial charge < -0.3 is 40.6 Å². The van der Waals surface area contributed by atoms with Crippen molar-refractivity contribution >= 4 is 17.5 Å². The molecule has 1 aromatic rings. The van der Waals surface area contributed by atoms with Crippen LogP contribution in [0.2, 0.25) is 0 Å². The Morgan fingerprint density at radius 2 is 1.88 bits per heavy atom. The molecule has 5 fully saturated rings. The van der Waals surface area contributed by atoms with Gasteiger partial charge in [-0.15, -0.1) is 4.91 Å². The average Bonchev–Trinajstić information content (AvgIpc) is 3.53. The number of esters is 1. The number of aliphatic hydroxyl groups is 2. The summed E-state index contributed by atoms with van der Waals surface area (Å²) in [7, 11) is 0. The number of allylic oxidation sites excluding steroid dienone is 3. The van der Waals surface area contributed by atoms with Gasteiger partial charge >= 0.3 is 5.97 Å². The third kappa shape index (κ3) is 3.99. The molecule has 278 valence electrons. The molecule has 0 amide bonds. The van der Waals surface area contributed by atoms with E-state index in [4.69, 9.17) is 30.4 Å². The normalized spacial score (nSPS) is 45.6. The van der Waals surface area contributed by atoms with E-state index >= 15 is 0 Å². The number of ketones is 2. The molecule has 1 aromatic carbocycles. The predicted molar refractivity (Wildman–Crippen MR) is 187 cm³/mol. The summed E-state index contributed by atoms with van der Waals surface area (Å²) in [5, 5.41) is 26.5. The zero-order valence-corrected chi connectivity index (χ0v) is 29.9. The SMILES string of the molecule is C=C(C)[C@]12OC3(/C=C/C=C/CCCCC)CO[C@]4([C@H](C)C1OC(=O)c1ccccc1)C(N)([C@H]2O3)[C@@H]1C(=O)[C@]1(CO)C(O)C1(N=O)C(=O)C(C)=C[C@]14N. The van der Waals surface area contributed by atoms with Gasteiger partial charge in [0.2, 0.25) is 11.3 Å². The maximum Gasteiger partial charge on any atom is 0.338 e. The van der Waals surface area contributed by atoms with Crippen molar-refractivity contribution in [2.75, 3.05) is 13.2 Å². The van der Waals surface area contributed by atoms with Crippen LogP contribution in [0.25, 0.3) is 0 Å². The number of fused-ring (bicyclic) bond motifs is 3. The van der Waals surface area contributed by atoms with Crippen LogP contribution in [0.5, 0.6) is 0 Å². The van der Waals surface area contributed by atoms with Crippen LogP contribution in [0.1, 0.15) is 63.7 Å². The van der Waals surface area contributed by atoms with Gasteiger partial charge in [0.1, 0.15) is 36.1 Å². The lowest BCUT2D eigenvalue weighted by Crippen LogP contribution is -2.92. The Morgan fingerprint density at radius 1 is 1.17 bits per heavy atom. The molecule has 52 heavy (non-hydrogen) atoms. The van der Waals surface area contributed by atoms with Crippen LogP contribution < -0.4 is 11.5 Å². The molecule has 13 nitrogen and oxygen atoms in total. The number of unbranched alkanes of at least 4 members (excludes halogenated alkanes) is 3. The number of ether oxygens (including phenoxy) is 4. The summed E-state index contributed by atoms with van der Waals surface area (Å²) in [5.41, 5.74) is 2.18. The highest BCUT2D eigenvalue weighted by atomic mass is 16.8. The van der Waals surface area contributed by atoms with Gasteiger partial charge in [-0.25, -0.2) is 4.79 Å². The lowest BCUT2D eigenvalue weighted by Gasteiger charge is -2.67. The average molecular weight is 718 g/mol. The van der Waals surface area contributed by atoms with E-state index in [9.17, 15) is 29.5 Å². The lowest BCUT2D eigenvalue weighted by molar-refractivity contribution is -0.299. The Balaban J connectivity index is 1.51. The Kier molecular flexibility index (Phi) is 8.39. The Bertz CT molecular complexity index is 1830. The monoisotopic (exact) mass is 717 g/mol. The molecule has 6 N–H and O–H groups in total. The molecule has 3 saturated carbocycles. The maximum absolute atomic E-state index is 14.3. The van der Waals surface area contributed by atoms with E-state index < -0.39 is 99.9 Å². The molecule has 6 aliphatic rings. The second-order valence-electron chi connectivity index (χ2n) is 15.5. The van der Waals surface area contributed by atoms with E-state index in [-0.39, 0.29) is 11.1 Å². The smallest absolute Gasteiger partial charge is 0.338 e. The van der Waals surface area contributed by atoms with Gasteiger partial charge in [-0.3, -0.25) is 9.59 Å². The number of aliphatic hydroxyl groups excluding tert-OH is 2. The Hall–Kier alpha value is -3.69. The van der Waals surface area contributed by atoms with E-state index in [0.717, 1.165) is 25.7 Å². The Morgan fingerprint density at radius 3 is 2.52 bits per heavy atom.